The van der Waals surface area contributed by atoms with Gasteiger partial charge in [-0.05, 0) is 18.9 Å². The lowest BCUT2D eigenvalue weighted by atomic mass is 10.0. The van der Waals surface area contributed by atoms with E-state index in [-0.39, 0.29) is 6.42 Å². The van der Waals surface area contributed by atoms with Crippen LogP contribution in [0.2, 0.25) is 0 Å². The molecule has 0 aromatic carbocycles. The number of hydrogen-bond donors (Lipinski definition) is 1. The number of rotatable bonds is 8. The molecule has 0 saturated carbocycles. The zero-order valence-corrected chi connectivity index (χ0v) is 11.5. The van der Waals surface area contributed by atoms with Crippen molar-refractivity contribution in [3.63, 3.8) is 0 Å². The van der Waals surface area contributed by atoms with Gasteiger partial charge in [-0.2, -0.15) is 0 Å². The molecule has 0 saturated heterocycles. The molecule has 0 fully saturated rings. The summed E-state index contributed by atoms with van der Waals surface area (Å²) in [5.74, 6) is -0.746. The van der Waals surface area contributed by atoms with E-state index in [0.717, 1.165) is 44.3 Å². The van der Waals surface area contributed by atoms with Crippen LogP contribution in [0.4, 0.5) is 0 Å². The molecule has 100 valence electrons. The van der Waals surface area contributed by atoms with E-state index in [1.165, 1.54) is 5.56 Å². The first-order chi connectivity index (χ1) is 8.69. The van der Waals surface area contributed by atoms with Crippen LogP contribution in [0, 0.1) is 0 Å². The molecule has 1 aromatic rings. The molecule has 0 aliphatic carbocycles. The summed E-state index contributed by atoms with van der Waals surface area (Å²) >= 11 is 0. The number of unbranched alkanes of at least 4 members (excludes halogenated alkanes) is 2. The second kappa shape index (κ2) is 7.85. The van der Waals surface area contributed by atoms with Gasteiger partial charge in [-0.3, -0.25) is 4.79 Å². The number of aromatic nitrogens is 1. The van der Waals surface area contributed by atoms with Gasteiger partial charge in [-0.25, -0.2) is 4.57 Å². The van der Waals surface area contributed by atoms with Crippen LogP contribution < -0.4 is 4.57 Å². The predicted molar refractivity (Wildman–Crippen MR) is 71.5 cm³/mol. The highest BCUT2D eigenvalue weighted by molar-refractivity contribution is 5.69. The molecule has 0 radical (unpaired) electrons. The number of carboxylic acid groups (broad SMARTS) is 1. The molecular formula is C15H24NO2+. The lowest BCUT2D eigenvalue weighted by Crippen LogP contribution is -2.40. The maximum Gasteiger partial charge on any atom is 0.314 e. The fourth-order valence-corrected chi connectivity index (χ4v) is 2.12. The van der Waals surface area contributed by atoms with E-state index >= 15 is 0 Å². The van der Waals surface area contributed by atoms with E-state index in [4.69, 9.17) is 5.11 Å². The predicted octanol–water partition coefficient (Wildman–Crippen LogP) is 2.74. The third-order valence-electron chi connectivity index (χ3n) is 3.15. The highest BCUT2D eigenvalue weighted by atomic mass is 16.4. The van der Waals surface area contributed by atoms with Gasteiger partial charge in [0.2, 0.25) is 0 Å². The first-order valence-corrected chi connectivity index (χ1v) is 6.91. The van der Waals surface area contributed by atoms with Crippen molar-refractivity contribution in [2.45, 2.75) is 58.9 Å². The maximum absolute atomic E-state index is 11.0. The van der Waals surface area contributed by atoms with Gasteiger partial charge in [0.1, 0.15) is 13.0 Å². The van der Waals surface area contributed by atoms with Crippen molar-refractivity contribution < 1.29 is 14.5 Å². The van der Waals surface area contributed by atoms with Gasteiger partial charge in [-0.1, -0.05) is 26.7 Å². The lowest BCUT2D eigenvalue weighted by molar-refractivity contribution is -0.704. The number of nitrogens with zero attached hydrogens (tertiary/aromatic N) is 1. The second-order valence-electron chi connectivity index (χ2n) is 4.70. The van der Waals surface area contributed by atoms with Crippen molar-refractivity contribution in [2.75, 3.05) is 0 Å². The van der Waals surface area contributed by atoms with E-state index in [9.17, 15) is 4.79 Å². The minimum absolute atomic E-state index is 0.129. The van der Waals surface area contributed by atoms with Gasteiger partial charge in [0.15, 0.2) is 11.9 Å². The number of hydrogen-bond acceptors (Lipinski definition) is 1. The molecule has 0 spiro atoms. The highest BCUT2D eigenvalue weighted by Gasteiger charge is 2.18. The summed E-state index contributed by atoms with van der Waals surface area (Å²) < 4.78 is 2.11. The van der Waals surface area contributed by atoms with E-state index in [0.29, 0.717) is 0 Å². The molecular weight excluding hydrogens is 226 g/mol. The van der Waals surface area contributed by atoms with Crippen LogP contribution in [-0.4, -0.2) is 11.1 Å². The van der Waals surface area contributed by atoms with Crippen molar-refractivity contribution >= 4 is 5.97 Å². The first kappa shape index (κ1) is 14.7. The molecule has 3 nitrogen and oxygen atoms in total. The summed E-state index contributed by atoms with van der Waals surface area (Å²) in [5.41, 5.74) is 2.17. The molecule has 1 aromatic heterocycles. The van der Waals surface area contributed by atoms with Crippen molar-refractivity contribution in [1.29, 1.82) is 0 Å². The first-order valence-electron chi connectivity index (χ1n) is 6.91. The number of pyridine rings is 1. The Labute approximate surface area is 109 Å². The fraction of sp³-hybridized carbons (Fsp3) is 0.600. The number of carboxylic acids is 1. The molecule has 1 rings (SSSR count). The fourth-order valence-electron chi connectivity index (χ4n) is 2.12. The van der Waals surface area contributed by atoms with Gasteiger partial charge >= 0.3 is 5.97 Å². The number of aryl methyl sites for hydroxylation is 2. The molecule has 1 heterocycles. The van der Waals surface area contributed by atoms with Gasteiger partial charge in [0, 0.05) is 18.1 Å². The van der Waals surface area contributed by atoms with E-state index in [2.05, 4.69) is 24.5 Å². The Morgan fingerprint density at radius 2 is 2.00 bits per heavy atom. The van der Waals surface area contributed by atoms with E-state index in [1.807, 2.05) is 12.3 Å². The summed E-state index contributed by atoms with van der Waals surface area (Å²) in [4.78, 5) is 11.0. The quantitative estimate of drug-likeness (QED) is 0.721. The monoisotopic (exact) mass is 250 g/mol. The Bertz CT molecular complexity index is 362. The molecule has 0 aliphatic heterocycles. The van der Waals surface area contributed by atoms with Crippen LogP contribution in [0.3, 0.4) is 0 Å². The van der Waals surface area contributed by atoms with Gasteiger partial charge in [-0.15, -0.1) is 0 Å². The average Bonchev–Trinajstić information content (AvgIpc) is 2.35. The Morgan fingerprint density at radius 3 is 2.61 bits per heavy atom. The van der Waals surface area contributed by atoms with Gasteiger partial charge < -0.3 is 5.11 Å². The van der Waals surface area contributed by atoms with E-state index < -0.39 is 5.97 Å². The second-order valence-corrected chi connectivity index (χ2v) is 4.70. The topological polar surface area (TPSA) is 41.2 Å². The lowest BCUT2D eigenvalue weighted by Gasteiger charge is -2.07. The Kier molecular flexibility index (Phi) is 6.40. The summed E-state index contributed by atoms with van der Waals surface area (Å²) in [6, 6.07) is 4.10. The Hall–Kier alpha value is -1.38. The SMILES string of the molecule is CCCCc1ccc[n+](CCCC)c1CC(=O)O. The Balaban J connectivity index is 2.96. The molecule has 0 bridgehead atoms. The molecule has 0 atom stereocenters. The third kappa shape index (κ3) is 4.47. The van der Waals surface area contributed by atoms with Crippen LogP contribution in [0.5, 0.6) is 0 Å². The van der Waals surface area contributed by atoms with Crippen molar-refractivity contribution in [3.05, 3.63) is 29.6 Å². The molecule has 0 aliphatic rings. The molecule has 3 heteroatoms. The highest BCUT2D eigenvalue weighted by Crippen LogP contribution is 2.10. The summed E-state index contributed by atoms with van der Waals surface area (Å²) in [5, 5.41) is 9.05. The normalized spacial score (nSPS) is 10.6. The average molecular weight is 250 g/mol. The molecule has 0 amide bonds. The minimum atomic E-state index is -0.746. The van der Waals surface area contributed by atoms with Crippen LogP contribution in [0.25, 0.3) is 0 Å². The standard InChI is InChI=1S/C15H23NO2/c1-3-5-8-13-9-7-11-16(10-6-4-2)14(13)12-15(17)18/h7,9,11H,3-6,8,10,12H2,1-2H3/p+1. The zero-order valence-electron chi connectivity index (χ0n) is 11.5. The summed E-state index contributed by atoms with van der Waals surface area (Å²) in [6.45, 7) is 5.22. The molecule has 18 heavy (non-hydrogen) atoms. The molecule has 1 N–H and O–H groups in total. The summed E-state index contributed by atoms with van der Waals surface area (Å²) in [6.07, 6.45) is 7.58. The number of aliphatic carboxylic acids is 1. The largest absolute Gasteiger partial charge is 0.481 e. The Morgan fingerprint density at radius 1 is 1.28 bits per heavy atom. The molecule has 0 unspecified atom stereocenters. The van der Waals surface area contributed by atoms with Crippen LogP contribution in [0.1, 0.15) is 50.8 Å². The van der Waals surface area contributed by atoms with Crippen molar-refractivity contribution in [2.24, 2.45) is 0 Å². The smallest absolute Gasteiger partial charge is 0.314 e. The summed E-state index contributed by atoms with van der Waals surface area (Å²) in [7, 11) is 0. The van der Waals surface area contributed by atoms with Crippen LogP contribution >= 0.6 is 0 Å². The van der Waals surface area contributed by atoms with Crippen molar-refractivity contribution in [1.82, 2.24) is 0 Å². The van der Waals surface area contributed by atoms with Gasteiger partial charge in [0.05, 0.1) is 0 Å². The zero-order chi connectivity index (χ0) is 13.4. The maximum atomic E-state index is 11.0. The van der Waals surface area contributed by atoms with Crippen molar-refractivity contribution in [3.8, 4) is 0 Å². The minimum Gasteiger partial charge on any atom is -0.481 e. The third-order valence-corrected chi connectivity index (χ3v) is 3.15. The number of carbonyl (C=O) groups is 1. The van der Waals surface area contributed by atoms with Gasteiger partial charge in [0.25, 0.3) is 0 Å². The van der Waals surface area contributed by atoms with Crippen LogP contribution in [-0.2, 0) is 24.2 Å². The van der Waals surface area contributed by atoms with E-state index in [1.54, 1.807) is 0 Å². The van der Waals surface area contributed by atoms with Crippen LogP contribution in [0.15, 0.2) is 18.3 Å².